The molecule has 6 heteroatoms. The van der Waals surface area contributed by atoms with E-state index in [0.29, 0.717) is 12.8 Å². The van der Waals surface area contributed by atoms with E-state index < -0.39 is 17.0 Å². The van der Waals surface area contributed by atoms with Crippen LogP contribution >= 0.6 is 0 Å². The molecule has 0 unspecified atom stereocenters. The minimum Gasteiger partial charge on any atom is -0.462 e. The predicted octanol–water partition coefficient (Wildman–Crippen LogP) is 3.75. The number of likely N-dealkylation sites (tertiary alicyclic amines) is 1. The predicted molar refractivity (Wildman–Crippen MR) is 108 cm³/mol. The lowest BCUT2D eigenvalue weighted by atomic mass is 9.72. The fourth-order valence-corrected chi connectivity index (χ4v) is 5.37. The van der Waals surface area contributed by atoms with Crippen molar-refractivity contribution >= 4 is 11.8 Å². The number of piperidine rings is 2. The summed E-state index contributed by atoms with van der Waals surface area (Å²) < 4.78 is 5.66. The number of carbonyl (C=O) groups excluding carboxylic acids is 2. The smallest absolute Gasteiger partial charge is 0.313 e. The van der Waals surface area contributed by atoms with Crippen LogP contribution in [0.3, 0.4) is 0 Å². The van der Waals surface area contributed by atoms with Gasteiger partial charge in [-0.2, -0.15) is 0 Å². The average molecular weight is 396 g/mol. The Morgan fingerprint density at radius 1 is 0.821 bits per heavy atom. The molecule has 2 heterocycles. The fraction of sp³-hybridized carbons (Fsp3) is 0.909. The molecule has 0 saturated carbocycles. The molecule has 0 N–H and O–H groups in total. The Bertz CT molecular complexity index is 588. The van der Waals surface area contributed by atoms with Crippen molar-refractivity contribution in [2.75, 3.05) is 7.05 Å². The summed E-state index contributed by atoms with van der Waals surface area (Å²) in [5, 5.41) is 13.6. The Morgan fingerprint density at radius 2 is 1.25 bits per heavy atom. The molecule has 2 saturated heterocycles. The summed E-state index contributed by atoms with van der Waals surface area (Å²) in [5.41, 5.74) is -1.39. The largest absolute Gasteiger partial charge is 0.462 e. The van der Waals surface area contributed by atoms with Crippen LogP contribution in [0, 0.1) is 5.92 Å². The molecule has 0 aromatic heterocycles. The summed E-state index contributed by atoms with van der Waals surface area (Å²) >= 11 is 0. The molecule has 0 aromatic rings. The first-order chi connectivity index (χ1) is 12.5. The zero-order valence-corrected chi connectivity index (χ0v) is 19.2. The number of nitrogens with zero attached hydrogens (tertiary/aromatic N) is 2. The van der Waals surface area contributed by atoms with Crippen LogP contribution in [0.1, 0.15) is 87.5 Å². The van der Waals surface area contributed by atoms with Crippen LogP contribution < -0.4 is 0 Å². The highest BCUT2D eigenvalue weighted by Gasteiger charge is 2.48. The molecule has 6 nitrogen and oxygen atoms in total. The number of hydrogen-bond acceptors (Lipinski definition) is 5. The first kappa shape index (κ1) is 23.3. The number of rotatable bonds is 4. The number of carbonyl (C=O) groups is 2. The second kappa shape index (κ2) is 7.37. The highest BCUT2D eigenvalue weighted by molar-refractivity contribution is 5.97. The first-order valence-electron chi connectivity index (χ1n) is 10.4. The molecule has 1 radical (unpaired) electrons. The molecule has 161 valence electrons. The summed E-state index contributed by atoms with van der Waals surface area (Å²) in [6, 6.07) is 0. The highest BCUT2D eigenvalue weighted by Crippen LogP contribution is 2.41. The molecule has 0 bridgehead atoms. The first-order valence-corrected chi connectivity index (χ1v) is 10.4. The van der Waals surface area contributed by atoms with E-state index in [0.717, 1.165) is 17.9 Å². The van der Waals surface area contributed by atoms with Gasteiger partial charge in [0.25, 0.3) is 0 Å². The van der Waals surface area contributed by atoms with Crippen molar-refractivity contribution in [3.8, 4) is 0 Å². The summed E-state index contributed by atoms with van der Waals surface area (Å²) in [4.78, 5) is 27.7. The van der Waals surface area contributed by atoms with Gasteiger partial charge in [-0.15, -0.1) is 10.3 Å². The van der Waals surface area contributed by atoms with E-state index >= 15 is 0 Å². The Kier molecular flexibility index (Phi) is 6.13. The Labute approximate surface area is 170 Å². The minimum absolute atomic E-state index is 0.0287. The van der Waals surface area contributed by atoms with Crippen LogP contribution in [0.5, 0.6) is 0 Å². The third-order valence-electron chi connectivity index (χ3n) is 6.93. The van der Waals surface area contributed by atoms with Crippen LogP contribution in [0.2, 0.25) is 0 Å². The van der Waals surface area contributed by atoms with E-state index in [2.05, 4.69) is 39.6 Å². The summed E-state index contributed by atoms with van der Waals surface area (Å²) in [5.74, 6) is -0.625. The van der Waals surface area contributed by atoms with E-state index in [9.17, 15) is 14.8 Å². The van der Waals surface area contributed by atoms with Crippen molar-refractivity contribution < 1.29 is 19.5 Å². The number of hydrogen-bond donors (Lipinski definition) is 0. The monoisotopic (exact) mass is 395 g/mol. The molecule has 0 atom stereocenters. The number of esters is 1. The molecule has 0 spiro atoms. The van der Waals surface area contributed by atoms with Gasteiger partial charge in [-0.3, -0.25) is 14.5 Å². The quantitative estimate of drug-likeness (QED) is 0.535. The van der Waals surface area contributed by atoms with Gasteiger partial charge in [0.05, 0.1) is 0 Å². The van der Waals surface area contributed by atoms with Gasteiger partial charge in [-0.1, -0.05) is 0 Å². The summed E-state index contributed by atoms with van der Waals surface area (Å²) in [7, 11) is 2.10. The maximum Gasteiger partial charge on any atom is 0.313 e. The number of hydroxylamine groups is 2. The second-order valence-electron chi connectivity index (χ2n) is 11.4. The third kappa shape index (κ3) is 4.77. The molecule has 0 aromatic carbocycles. The SMILES string of the molecule is CN1C(C)(C)CC(C(=O)CC(=O)OC2CC(C)(C)N([O])C(C)(C)C2)CC1(C)C. The highest BCUT2D eigenvalue weighted by atomic mass is 16.5. The van der Waals surface area contributed by atoms with Crippen molar-refractivity contribution in [2.24, 2.45) is 5.92 Å². The van der Waals surface area contributed by atoms with Gasteiger partial charge in [-0.25, -0.2) is 0 Å². The van der Waals surface area contributed by atoms with Gasteiger partial charge >= 0.3 is 5.97 Å². The zero-order valence-electron chi connectivity index (χ0n) is 19.2. The maximum atomic E-state index is 12.9. The average Bonchev–Trinajstić information content (AvgIpc) is 2.48. The second-order valence-corrected chi connectivity index (χ2v) is 11.4. The van der Waals surface area contributed by atoms with Crippen molar-refractivity contribution in [2.45, 2.75) is 116 Å². The molecule has 0 amide bonds. The minimum atomic E-state index is -0.599. The normalized spacial score (nSPS) is 28.1. The zero-order chi connectivity index (χ0) is 21.7. The number of Topliss-reactive ketones (excluding diaryl/α,β-unsaturated/α-hetero) is 1. The topological polar surface area (TPSA) is 69.8 Å². The van der Waals surface area contributed by atoms with Gasteiger partial charge in [0.15, 0.2) is 0 Å². The van der Waals surface area contributed by atoms with Crippen LogP contribution in [-0.2, 0) is 19.5 Å². The molecule has 2 aliphatic rings. The molecule has 2 aliphatic heterocycles. The molecular weight excluding hydrogens is 356 g/mol. The molecule has 2 fully saturated rings. The van der Waals surface area contributed by atoms with Crippen LogP contribution in [0.4, 0.5) is 0 Å². The lowest BCUT2D eigenvalue weighted by molar-refractivity contribution is -0.299. The Morgan fingerprint density at radius 3 is 1.68 bits per heavy atom. The van der Waals surface area contributed by atoms with Gasteiger partial charge in [0.2, 0.25) is 0 Å². The number of ketones is 1. The van der Waals surface area contributed by atoms with Crippen molar-refractivity contribution in [3.63, 3.8) is 0 Å². The van der Waals surface area contributed by atoms with Crippen LogP contribution in [0.25, 0.3) is 0 Å². The van der Waals surface area contributed by atoms with Gasteiger partial charge < -0.3 is 4.74 Å². The molecule has 28 heavy (non-hydrogen) atoms. The van der Waals surface area contributed by atoms with E-state index in [4.69, 9.17) is 4.74 Å². The fourth-order valence-electron chi connectivity index (χ4n) is 5.37. The Hall–Kier alpha value is -0.980. The molecular formula is C22H39N2O4. The summed E-state index contributed by atoms with van der Waals surface area (Å²) in [6.45, 7) is 16.1. The van der Waals surface area contributed by atoms with Crippen molar-refractivity contribution in [3.05, 3.63) is 0 Å². The van der Waals surface area contributed by atoms with E-state index in [1.54, 1.807) is 0 Å². The summed E-state index contributed by atoms with van der Waals surface area (Å²) in [6.07, 6.45) is 1.93. The van der Waals surface area contributed by atoms with Crippen LogP contribution in [0.15, 0.2) is 0 Å². The molecule has 2 rings (SSSR count). The van der Waals surface area contributed by atoms with Gasteiger partial charge in [0.1, 0.15) is 18.3 Å². The van der Waals surface area contributed by atoms with Crippen LogP contribution in [-0.4, -0.2) is 57.0 Å². The third-order valence-corrected chi connectivity index (χ3v) is 6.93. The van der Waals surface area contributed by atoms with Crippen molar-refractivity contribution in [1.82, 2.24) is 9.96 Å². The van der Waals surface area contributed by atoms with E-state index in [1.165, 1.54) is 0 Å². The number of ether oxygens (including phenoxy) is 1. The van der Waals surface area contributed by atoms with Gasteiger partial charge in [0, 0.05) is 40.9 Å². The molecule has 0 aliphatic carbocycles. The van der Waals surface area contributed by atoms with E-state index in [1.807, 2.05) is 27.7 Å². The lowest BCUT2D eigenvalue weighted by Crippen LogP contribution is -2.60. The Balaban J connectivity index is 1.99. The standard InChI is InChI=1S/C22H39N2O4/c1-19(2)11-15(12-20(3,4)23(19)9)17(25)10-18(26)28-16-13-21(5,6)24(27)22(7,8)14-16/h15-16H,10-14H2,1-9H3. The van der Waals surface area contributed by atoms with Crippen molar-refractivity contribution in [1.29, 1.82) is 0 Å². The lowest BCUT2D eigenvalue weighted by Gasteiger charge is -2.53. The maximum absolute atomic E-state index is 12.9. The van der Waals surface area contributed by atoms with Gasteiger partial charge in [-0.05, 0) is 75.3 Å². The van der Waals surface area contributed by atoms with E-state index in [-0.39, 0.29) is 35.3 Å².